The first-order chi connectivity index (χ1) is 12.0. The van der Waals surface area contributed by atoms with E-state index in [1.165, 1.54) is 0 Å². The number of aldehydes is 1. The van der Waals surface area contributed by atoms with Crippen LogP contribution in [0.1, 0.15) is 87.0 Å². The molecular formula is C21H38N2O3. The second kappa shape index (κ2) is 8.53. The number of hydrogen-bond donors (Lipinski definition) is 1. The molecule has 0 bridgehead atoms. The molecule has 1 aliphatic rings. The third-order valence-corrected chi connectivity index (χ3v) is 6.29. The van der Waals surface area contributed by atoms with Crippen molar-refractivity contribution in [3.05, 3.63) is 0 Å². The molecule has 2 amide bonds. The number of carbonyl (C=O) groups excluding carboxylic acids is 3. The Bertz CT molecular complexity index is 512. The van der Waals surface area contributed by atoms with Gasteiger partial charge in [0.15, 0.2) is 0 Å². The van der Waals surface area contributed by atoms with E-state index in [0.29, 0.717) is 25.8 Å². The normalized spacial score (nSPS) is 23.8. The van der Waals surface area contributed by atoms with Crippen molar-refractivity contribution in [2.75, 3.05) is 6.54 Å². The van der Waals surface area contributed by atoms with E-state index in [1.54, 1.807) is 0 Å². The van der Waals surface area contributed by atoms with Gasteiger partial charge in [-0.25, -0.2) is 0 Å². The minimum absolute atomic E-state index is 0.0219. The average molecular weight is 367 g/mol. The maximum Gasteiger partial charge on any atom is 0.229 e. The van der Waals surface area contributed by atoms with Crippen molar-refractivity contribution >= 4 is 18.1 Å². The summed E-state index contributed by atoms with van der Waals surface area (Å²) in [5.41, 5.74) is -1.36. The Hall–Kier alpha value is -1.39. The molecule has 0 unspecified atom stereocenters. The fraction of sp³-hybridized carbons (Fsp3) is 0.857. The smallest absolute Gasteiger partial charge is 0.229 e. The van der Waals surface area contributed by atoms with E-state index in [4.69, 9.17) is 0 Å². The highest BCUT2D eigenvalue weighted by molar-refractivity contribution is 5.88. The highest BCUT2D eigenvalue weighted by Gasteiger charge is 2.53. The van der Waals surface area contributed by atoms with Gasteiger partial charge in [0, 0.05) is 30.0 Å². The summed E-state index contributed by atoms with van der Waals surface area (Å²) in [6.45, 7) is 14.6. The number of likely N-dealkylation sites (tertiary alicyclic amines) is 1. The summed E-state index contributed by atoms with van der Waals surface area (Å²) in [5.74, 6) is 0.125. The zero-order valence-corrected chi connectivity index (χ0v) is 17.8. The van der Waals surface area contributed by atoms with E-state index in [2.05, 4.69) is 26.1 Å². The molecule has 5 nitrogen and oxygen atoms in total. The van der Waals surface area contributed by atoms with Gasteiger partial charge >= 0.3 is 0 Å². The number of hydrogen-bond acceptors (Lipinski definition) is 3. The van der Waals surface area contributed by atoms with E-state index in [1.807, 2.05) is 32.6 Å². The lowest BCUT2D eigenvalue weighted by Crippen LogP contribution is -2.55. The summed E-state index contributed by atoms with van der Waals surface area (Å²) in [6, 6.07) is -0.230. The summed E-state index contributed by atoms with van der Waals surface area (Å²) in [5, 5.41) is 3.08. The molecule has 0 aromatic carbocycles. The van der Waals surface area contributed by atoms with Crippen LogP contribution in [0.25, 0.3) is 0 Å². The van der Waals surface area contributed by atoms with E-state index >= 15 is 0 Å². The standard InChI is InChI=1S/C21H38N2O3/c1-8-21(9-2,10-3)18(26)23-14-13-20(7,16(23)12-11-15-24)17(25)22-19(4,5)6/h15-16H,8-14H2,1-7H3,(H,22,25)/t16-,20-/m0/s1. The predicted molar refractivity (Wildman–Crippen MR) is 105 cm³/mol. The number of nitrogens with zero attached hydrogens (tertiary/aromatic N) is 1. The van der Waals surface area contributed by atoms with Gasteiger partial charge in [-0.2, -0.15) is 0 Å². The molecule has 0 aliphatic carbocycles. The Morgan fingerprint density at radius 3 is 2.12 bits per heavy atom. The molecule has 1 heterocycles. The molecule has 1 rings (SSSR count). The quantitative estimate of drug-likeness (QED) is 0.666. The van der Waals surface area contributed by atoms with Crippen LogP contribution in [0, 0.1) is 10.8 Å². The maximum atomic E-state index is 13.4. The van der Waals surface area contributed by atoms with Gasteiger partial charge in [-0.1, -0.05) is 20.8 Å². The van der Waals surface area contributed by atoms with Gasteiger partial charge in [-0.05, 0) is 59.8 Å². The van der Waals surface area contributed by atoms with Gasteiger partial charge in [-0.15, -0.1) is 0 Å². The van der Waals surface area contributed by atoms with Crippen molar-refractivity contribution < 1.29 is 14.4 Å². The second-order valence-corrected chi connectivity index (χ2v) is 8.97. The zero-order valence-electron chi connectivity index (χ0n) is 17.8. The van der Waals surface area contributed by atoms with E-state index in [9.17, 15) is 14.4 Å². The Labute approximate surface area is 159 Å². The van der Waals surface area contributed by atoms with Gasteiger partial charge in [0.2, 0.25) is 11.8 Å². The van der Waals surface area contributed by atoms with Crippen LogP contribution in [0.15, 0.2) is 0 Å². The molecule has 2 atom stereocenters. The molecule has 1 N–H and O–H groups in total. The summed E-state index contributed by atoms with van der Waals surface area (Å²) in [7, 11) is 0. The summed E-state index contributed by atoms with van der Waals surface area (Å²) >= 11 is 0. The first-order valence-electron chi connectivity index (χ1n) is 10.1. The highest BCUT2D eigenvalue weighted by atomic mass is 16.2. The molecule has 1 saturated heterocycles. The number of nitrogens with one attached hydrogen (secondary N) is 1. The molecule has 0 saturated carbocycles. The van der Waals surface area contributed by atoms with Crippen LogP contribution >= 0.6 is 0 Å². The molecular weight excluding hydrogens is 328 g/mol. The Balaban J connectivity index is 3.20. The first-order valence-corrected chi connectivity index (χ1v) is 10.1. The van der Waals surface area contributed by atoms with Crippen LogP contribution in [0.2, 0.25) is 0 Å². The van der Waals surface area contributed by atoms with Crippen LogP contribution in [0.4, 0.5) is 0 Å². The van der Waals surface area contributed by atoms with Crippen molar-refractivity contribution in [1.82, 2.24) is 10.2 Å². The van der Waals surface area contributed by atoms with Crippen molar-refractivity contribution in [2.45, 2.75) is 98.6 Å². The topological polar surface area (TPSA) is 66.5 Å². The van der Waals surface area contributed by atoms with Gasteiger partial charge in [0.05, 0.1) is 5.41 Å². The first kappa shape index (κ1) is 22.7. The van der Waals surface area contributed by atoms with Gasteiger partial charge in [0.25, 0.3) is 0 Å². The summed E-state index contributed by atoms with van der Waals surface area (Å²) < 4.78 is 0. The molecule has 0 aromatic rings. The molecule has 0 spiro atoms. The van der Waals surface area contributed by atoms with Crippen LogP contribution in [0.5, 0.6) is 0 Å². The number of rotatable bonds is 8. The largest absolute Gasteiger partial charge is 0.351 e. The second-order valence-electron chi connectivity index (χ2n) is 8.97. The van der Waals surface area contributed by atoms with Crippen LogP contribution in [0.3, 0.4) is 0 Å². The van der Waals surface area contributed by atoms with Crippen LogP contribution in [-0.2, 0) is 14.4 Å². The zero-order chi connectivity index (χ0) is 20.2. The third-order valence-electron chi connectivity index (χ3n) is 6.29. The lowest BCUT2D eigenvalue weighted by atomic mass is 9.76. The summed E-state index contributed by atoms with van der Waals surface area (Å²) in [6.07, 6.45) is 4.80. The van der Waals surface area contributed by atoms with E-state index < -0.39 is 5.41 Å². The lowest BCUT2D eigenvalue weighted by molar-refractivity contribution is -0.146. The van der Waals surface area contributed by atoms with Crippen molar-refractivity contribution in [3.63, 3.8) is 0 Å². The van der Waals surface area contributed by atoms with Crippen molar-refractivity contribution in [2.24, 2.45) is 10.8 Å². The monoisotopic (exact) mass is 366 g/mol. The molecule has 0 radical (unpaired) electrons. The molecule has 1 aliphatic heterocycles. The number of amides is 2. The van der Waals surface area contributed by atoms with Crippen molar-refractivity contribution in [3.8, 4) is 0 Å². The highest BCUT2D eigenvalue weighted by Crippen LogP contribution is 2.43. The molecule has 26 heavy (non-hydrogen) atoms. The SMILES string of the molecule is CCC(CC)(CC)C(=O)N1CC[C@](C)(C(=O)NC(C)(C)C)[C@@H]1CCC=O. The fourth-order valence-electron chi connectivity index (χ4n) is 4.22. The number of carbonyl (C=O) groups is 3. The maximum absolute atomic E-state index is 13.4. The van der Waals surface area contributed by atoms with Crippen molar-refractivity contribution in [1.29, 1.82) is 0 Å². The predicted octanol–water partition coefficient (Wildman–Crippen LogP) is 3.70. The Kier molecular flexibility index (Phi) is 7.43. The van der Waals surface area contributed by atoms with Gasteiger partial charge < -0.3 is 15.0 Å². The average Bonchev–Trinajstić information content (AvgIpc) is 2.91. The Morgan fingerprint density at radius 2 is 1.69 bits per heavy atom. The molecule has 5 heteroatoms. The van der Waals surface area contributed by atoms with E-state index in [-0.39, 0.29) is 28.8 Å². The van der Waals surface area contributed by atoms with Crippen LogP contribution in [-0.4, -0.2) is 41.1 Å². The molecule has 0 aromatic heterocycles. The Morgan fingerprint density at radius 1 is 1.15 bits per heavy atom. The minimum atomic E-state index is -0.660. The fourth-order valence-corrected chi connectivity index (χ4v) is 4.22. The van der Waals surface area contributed by atoms with Gasteiger partial charge in [0.1, 0.15) is 6.29 Å². The van der Waals surface area contributed by atoms with Gasteiger partial charge in [-0.3, -0.25) is 9.59 Å². The summed E-state index contributed by atoms with van der Waals surface area (Å²) in [4.78, 5) is 39.4. The third kappa shape index (κ3) is 4.47. The van der Waals surface area contributed by atoms with Crippen LogP contribution < -0.4 is 5.32 Å². The van der Waals surface area contributed by atoms with E-state index in [0.717, 1.165) is 25.5 Å². The molecule has 150 valence electrons. The lowest BCUT2D eigenvalue weighted by Gasteiger charge is -2.40. The minimum Gasteiger partial charge on any atom is -0.351 e. The molecule has 1 fully saturated rings.